The number of amidine groups is 1. The first-order valence-corrected chi connectivity index (χ1v) is 5.74. The van der Waals surface area contributed by atoms with Crippen LogP contribution in [0.2, 0.25) is 0 Å². The smallest absolute Gasteiger partial charge is 0.224 e. The number of hydrogen-bond donors (Lipinski definition) is 2. The van der Waals surface area contributed by atoms with Crippen LogP contribution in [0, 0.1) is 6.92 Å². The zero-order valence-corrected chi connectivity index (χ0v) is 10.9. The second-order valence-corrected chi connectivity index (χ2v) is 4.06. The van der Waals surface area contributed by atoms with Gasteiger partial charge in [-0.15, -0.1) is 0 Å². The number of aromatic nitrogens is 1. The van der Waals surface area contributed by atoms with Crippen LogP contribution in [0.25, 0.3) is 0 Å². The number of rotatable bonds is 6. The lowest BCUT2D eigenvalue weighted by atomic mass is 10.1. The van der Waals surface area contributed by atoms with Crippen molar-refractivity contribution >= 4 is 5.84 Å². The second kappa shape index (κ2) is 6.80. The fraction of sp³-hybridized carbons (Fsp3) is 0.500. The summed E-state index contributed by atoms with van der Waals surface area (Å²) in [4.78, 5) is 4.08. The molecule has 0 aliphatic carbocycles. The maximum Gasteiger partial charge on any atom is 0.224 e. The lowest BCUT2D eigenvalue weighted by Crippen LogP contribution is -2.19. The molecule has 0 saturated heterocycles. The van der Waals surface area contributed by atoms with Gasteiger partial charge in [0.1, 0.15) is 6.61 Å². The summed E-state index contributed by atoms with van der Waals surface area (Å²) in [6.45, 7) is 6.56. The lowest BCUT2D eigenvalue weighted by molar-refractivity contribution is 0.0542. The first-order valence-electron chi connectivity index (χ1n) is 5.74. The van der Waals surface area contributed by atoms with E-state index < -0.39 is 0 Å². The minimum Gasteiger partial charge on any atom is -0.475 e. The van der Waals surface area contributed by atoms with E-state index in [-0.39, 0.29) is 11.9 Å². The van der Waals surface area contributed by atoms with Crippen LogP contribution < -0.4 is 10.5 Å². The van der Waals surface area contributed by atoms with Crippen LogP contribution in [0.15, 0.2) is 17.4 Å². The molecule has 0 saturated carbocycles. The summed E-state index contributed by atoms with van der Waals surface area (Å²) < 4.78 is 10.8. The average Bonchev–Trinajstić information content (AvgIpc) is 2.33. The zero-order chi connectivity index (χ0) is 13.5. The second-order valence-electron chi connectivity index (χ2n) is 4.06. The molecule has 1 aromatic heterocycles. The van der Waals surface area contributed by atoms with Gasteiger partial charge in [-0.1, -0.05) is 5.16 Å². The van der Waals surface area contributed by atoms with Crippen molar-refractivity contribution in [2.24, 2.45) is 10.9 Å². The Morgan fingerprint density at radius 2 is 2.22 bits per heavy atom. The molecule has 6 heteroatoms. The summed E-state index contributed by atoms with van der Waals surface area (Å²) in [5.41, 5.74) is 6.93. The van der Waals surface area contributed by atoms with Gasteiger partial charge in [-0.25, -0.2) is 4.98 Å². The molecule has 0 fully saturated rings. The van der Waals surface area contributed by atoms with Crippen LogP contribution in [0.3, 0.4) is 0 Å². The molecule has 100 valence electrons. The molecular weight excluding hydrogens is 234 g/mol. The minimum atomic E-state index is -0.0135. The molecule has 0 unspecified atom stereocenters. The predicted molar refractivity (Wildman–Crippen MR) is 68.1 cm³/mol. The number of aryl methyl sites for hydroxylation is 1. The summed E-state index contributed by atoms with van der Waals surface area (Å²) in [5, 5.41) is 11.7. The van der Waals surface area contributed by atoms with Gasteiger partial charge >= 0.3 is 0 Å². The van der Waals surface area contributed by atoms with Gasteiger partial charge in [0, 0.05) is 6.20 Å². The summed E-state index contributed by atoms with van der Waals surface area (Å²) >= 11 is 0. The Hall–Kier alpha value is -1.82. The van der Waals surface area contributed by atoms with Crippen LogP contribution >= 0.6 is 0 Å². The molecule has 0 aliphatic heterocycles. The highest BCUT2D eigenvalue weighted by Gasteiger charge is 2.12. The number of hydrogen-bond acceptors (Lipinski definition) is 5. The van der Waals surface area contributed by atoms with E-state index in [4.69, 9.17) is 20.4 Å². The van der Waals surface area contributed by atoms with Gasteiger partial charge in [0.15, 0.2) is 5.84 Å². The summed E-state index contributed by atoms with van der Waals surface area (Å²) in [7, 11) is 0. The molecule has 0 spiro atoms. The van der Waals surface area contributed by atoms with E-state index in [1.165, 1.54) is 0 Å². The monoisotopic (exact) mass is 253 g/mol. The molecule has 0 aromatic carbocycles. The third-order valence-corrected chi connectivity index (χ3v) is 2.26. The molecule has 0 radical (unpaired) electrons. The summed E-state index contributed by atoms with van der Waals surface area (Å²) in [6.07, 6.45) is 1.77. The maximum absolute atomic E-state index is 8.74. The summed E-state index contributed by atoms with van der Waals surface area (Å²) in [5.74, 6) is 0.332. The van der Waals surface area contributed by atoms with Crippen molar-refractivity contribution in [1.29, 1.82) is 0 Å². The lowest BCUT2D eigenvalue weighted by Gasteiger charge is -2.12. The van der Waals surface area contributed by atoms with E-state index in [9.17, 15) is 0 Å². The van der Waals surface area contributed by atoms with Crippen LogP contribution in [0.1, 0.15) is 25.0 Å². The molecule has 0 aliphatic rings. The number of oxime groups is 1. The highest BCUT2D eigenvalue weighted by atomic mass is 16.5. The number of nitrogens with zero attached hydrogens (tertiary/aromatic N) is 2. The molecule has 1 aromatic rings. The van der Waals surface area contributed by atoms with Crippen molar-refractivity contribution < 1.29 is 14.7 Å². The van der Waals surface area contributed by atoms with Crippen molar-refractivity contribution in [2.45, 2.75) is 26.9 Å². The van der Waals surface area contributed by atoms with E-state index in [1.54, 1.807) is 12.3 Å². The first-order chi connectivity index (χ1) is 8.56. The maximum atomic E-state index is 8.74. The number of pyridine rings is 1. The Labute approximate surface area is 106 Å². The van der Waals surface area contributed by atoms with Crippen molar-refractivity contribution in [1.82, 2.24) is 4.98 Å². The first kappa shape index (κ1) is 14.2. The molecule has 18 heavy (non-hydrogen) atoms. The van der Waals surface area contributed by atoms with Gasteiger partial charge in [0.25, 0.3) is 0 Å². The molecule has 1 heterocycles. The van der Waals surface area contributed by atoms with Crippen molar-refractivity contribution in [3.63, 3.8) is 0 Å². The normalized spacial score (nSPS) is 11.9. The van der Waals surface area contributed by atoms with Crippen LogP contribution in [0.5, 0.6) is 5.88 Å². The van der Waals surface area contributed by atoms with Crippen molar-refractivity contribution in [3.05, 3.63) is 23.4 Å². The highest BCUT2D eigenvalue weighted by Crippen LogP contribution is 2.18. The molecule has 0 amide bonds. The third kappa shape index (κ3) is 3.89. The Balaban J connectivity index is 2.73. The standard InChI is InChI=1S/C12H19N3O3/c1-8(2)17-6-7-18-12-10(11(13)15-16)9(3)4-5-14-12/h4-5,8,16H,6-7H2,1-3H3,(H2,13,15). The van der Waals surface area contributed by atoms with E-state index in [2.05, 4.69) is 10.1 Å². The van der Waals surface area contributed by atoms with E-state index in [0.29, 0.717) is 24.7 Å². The Kier molecular flexibility index (Phi) is 5.38. The van der Waals surface area contributed by atoms with Gasteiger partial charge in [-0.2, -0.15) is 0 Å². The average molecular weight is 253 g/mol. The quantitative estimate of drug-likeness (QED) is 0.262. The Bertz CT molecular complexity index is 419. The van der Waals surface area contributed by atoms with Crippen LogP contribution in [-0.2, 0) is 4.74 Å². The van der Waals surface area contributed by atoms with Gasteiger partial charge in [0.2, 0.25) is 5.88 Å². The van der Waals surface area contributed by atoms with Gasteiger partial charge in [-0.05, 0) is 32.4 Å². The van der Waals surface area contributed by atoms with Gasteiger partial charge in [-0.3, -0.25) is 0 Å². The SMILES string of the molecule is Cc1ccnc(OCCOC(C)C)c1/C(N)=N/O. The molecular formula is C12H19N3O3. The minimum absolute atomic E-state index is 0.0135. The van der Waals surface area contributed by atoms with E-state index in [1.807, 2.05) is 20.8 Å². The van der Waals surface area contributed by atoms with Gasteiger partial charge < -0.3 is 20.4 Å². The fourth-order valence-corrected chi connectivity index (χ4v) is 1.43. The van der Waals surface area contributed by atoms with Crippen molar-refractivity contribution in [3.8, 4) is 5.88 Å². The fourth-order valence-electron chi connectivity index (χ4n) is 1.43. The Morgan fingerprint density at radius 1 is 1.50 bits per heavy atom. The van der Waals surface area contributed by atoms with E-state index in [0.717, 1.165) is 5.56 Å². The number of ether oxygens (including phenoxy) is 2. The Morgan fingerprint density at radius 3 is 2.83 bits per heavy atom. The van der Waals surface area contributed by atoms with E-state index >= 15 is 0 Å². The van der Waals surface area contributed by atoms with Crippen molar-refractivity contribution in [2.75, 3.05) is 13.2 Å². The summed E-state index contributed by atoms with van der Waals surface area (Å²) in [6, 6.07) is 1.77. The molecule has 1 rings (SSSR count). The van der Waals surface area contributed by atoms with Crippen LogP contribution in [0.4, 0.5) is 0 Å². The third-order valence-electron chi connectivity index (χ3n) is 2.26. The predicted octanol–water partition coefficient (Wildman–Crippen LogP) is 1.29. The highest BCUT2D eigenvalue weighted by molar-refractivity contribution is 6.00. The van der Waals surface area contributed by atoms with Gasteiger partial charge in [0.05, 0.1) is 18.3 Å². The largest absolute Gasteiger partial charge is 0.475 e. The number of nitrogens with two attached hydrogens (primary N) is 1. The molecule has 3 N–H and O–H groups in total. The molecule has 0 atom stereocenters. The molecule has 6 nitrogen and oxygen atoms in total. The molecule has 0 bridgehead atoms. The zero-order valence-electron chi connectivity index (χ0n) is 10.9. The topological polar surface area (TPSA) is 90.0 Å². The van der Waals surface area contributed by atoms with Crippen LogP contribution in [-0.4, -0.2) is 35.3 Å².